The third-order valence-electron chi connectivity index (χ3n) is 4.40. The zero-order valence-corrected chi connectivity index (χ0v) is 16.4. The van der Waals surface area contributed by atoms with E-state index in [1.54, 1.807) is 13.0 Å². The second-order valence-electron chi connectivity index (χ2n) is 6.64. The van der Waals surface area contributed by atoms with Crippen molar-refractivity contribution in [3.63, 3.8) is 0 Å². The molecule has 1 aliphatic heterocycles. The molecule has 31 heavy (non-hydrogen) atoms. The summed E-state index contributed by atoms with van der Waals surface area (Å²) in [4.78, 5) is 17.4. The fourth-order valence-electron chi connectivity index (χ4n) is 2.82. The number of carboxylic acid groups (broad SMARTS) is 1. The van der Waals surface area contributed by atoms with E-state index in [1.165, 1.54) is 35.2 Å². The van der Waals surface area contributed by atoms with Crippen molar-refractivity contribution in [1.29, 1.82) is 0 Å². The number of hydrogen-bond donors (Lipinski definition) is 1. The first kappa shape index (κ1) is 22.1. The lowest BCUT2D eigenvalue weighted by molar-refractivity contribution is -0.274. The fraction of sp³-hybridized carbons (Fsp3) is 0.368. The number of likely N-dealkylation sites (tertiary alicyclic amines) is 1. The molecule has 9 nitrogen and oxygen atoms in total. The average molecular weight is 440 g/mol. The van der Waals surface area contributed by atoms with Crippen molar-refractivity contribution in [2.75, 3.05) is 13.1 Å². The maximum Gasteiger partial charge on any atom is 0.573 e. The van der Waals surface area contributed by atoms with Gasteiger partial charge in [0.15, 0.2) is 0 Å². The Bertz CT molecular complexity index is 912. The number of alkyl halides is 3. The number of amides is 1. The van der Waals surface area contributed by atoms with Gasteiger partial charge in [-0.25, -0.2) is 4.79 Å². The monoisotopic (exact) mass is 440 g/mol. The third-order valence-corrected chi connectivity index (χ3v) is 4.40. The first-order chi connectivity index (χ1) is 14.7. The quantitative estimate of drug-likeness (QED) is 0.539. The minimum atomic E-state index is -4.75. The van der Waals surface area contributed by atoms with Crippen LogP contribution in [-0.4, -0.2) is 57.6 Å². The van der Waals surface area contributed by atoms with Gasteiger partial charge in [0.25, 0.3) is 5.88 Å². The van der Waals surface area contributed by atoms with Gasteiger partial charge in [0, 0.05) is 38.1 Å². The van der Waals surface area contributed by atoms with Gasteiger partial charge in [-0.2, -0.15) is 0 Å². The molecule has 0 bridgehead atoms. The number of nitrogens with zero attached hydrogens (tertiary/aromatic N) is 4. The molecular formula is C19H19F3N4O5. The smallest absolute Gasteiger partial charge is 0.473 e. The summed E-state index contributed by atoms with van der Waals surface area (Å²) in [6.07, 6.45) is -4.73. The van der Waals surface area contributed by atoms with Crippen LogP contribution in [-0.2, 0) is 0 Å². The van der Waals surface area contributed by atoms with Crippen molar-refractivity contribution in [2.24, 2.45) is 5.16 Å². The summed E-state index contributed by atoms with van der Waals surface area (Å²) in [6, 6.07) is 8.25. The van der Waals surface area contributed by atoms with Gasteiger partial charge in [0.1, 0.15) is 11.9 Å². The number of rotatable bonds is 6. The molecule has 1 saturated heterocycles. The highest BCUT2D eigenvalue weighted by molar-refractivity contribution is 5.98. The molecule has 0 spiro atoms. The number of ether oxygens (including phenoxy) is 2. The summed E-state index contributed by atoms with van der Waals surface area (Å²) in [5, 5.41) is 20.6. The van der Waals surface area contributed by atoms with Crippen LogP contribution in [0, 0.1) is 0 Å². The van der Waals surface area contributed by atoms with E-state index in [1.807, 2.05) is 0 Å². The Hall–Kier alpha value is -3.57. The highest BCUT2D eigenvalue weighted by Crippen LogP contribution is 2.23. The van der Waals surface area contributed by atoms with Crippen molar-refractivity contribution in [2.45, 2.75) is 32.2 Å². The molecule has 12 heteroatoms. The van der Waals surface area contributed by atoms with E-state index >= 15 is 0 Å². The predicted octanol–water partition coefficient (Wildman–Crippen LogP) is 3.70. The zero-order chi connectivity index (χ0) is 22.4. The maximum atomic E-state index is 12.2. The number of halogens is 3. The lowest BCUT2D eigenvalue weighted by atomic mass is 10.1. The fourth-order valence-corrected chi connectivity index (χ4v) is 2.82. The van der Waals surface area contributed by atoms with E-state index in [-0.39, 0.29) is 23.6 Å². The molecule has 1 fully saturated rings. The average Bonchev–Trinajstić information content (AvgIpc) is 2.73. The maximum absolute atomic E-state index is 12.2. The van der Waals surface area contributed by atoms with E-state index in [9.17, 15) is 18.0 Å². The molecule has 2 aromatic rings. The van der Waals surface area contributed by atoms with Crippen LogP contribution in [0.15, 0.2) is 41.6 Å². The van der Waals surface area contributed by atoms with Crippen molar-refractivity contribution < 1.29 is 37.4 Å². The van der Waals surface area contributed by atoms with Gasteiger partial charge in [0.05, 0.1) is 5.71 Å². The summed E-state index contributed by atoms with van der Waals surface area (Å²) in [6.45, 7) is 2.41. The summed E-state index contributed by atoms with van der Waals surface area (Å²) < 4.78 is 46.1. The van der Waals surface area contributed by atoms with Gasteiger partial charge in [-0.3, -0.25) is 0 Å². The topological polar surface area (TPSA) is 106 Å². The molecular weight excluding hydrogens is 421 g/mol. The van der Waals surface area contributed by atoms with Gasteiger partial charge < -0.3 is 24.3 Å². The van der Waals surface area contributed by atoms with Crippen LogP contribution in [0.1, 0.15) is 25.3 Å². The van der Waals surface area contributed by atoms with Gasteiger partial charge in [-0.15, -0.1) is 23.4 Å². The van der Waals surface area contributed by atoms with Crippen LogP contribution in [0.25, 0.3) is 0 Å². The Morgan fingerprint density at radius 2 is 1.71 bits per heavy atom. The van der Waals surface area contributed by atoms with Crippen molar-refractivity contribution in [3.8, 4) is 17.5 Å². The summed E-state index contributed by atoms with van der Waals surface area (Å²) in [5.74, 6) is 0.0477. The van der Waals surface area contributed by atoms with Gasteiger partial charge in [-0.05, 0) is 36.8 Å². The molecule has 0 aliphatic carbocycles. The Kier molecular flexibility index (Phi) is 6.78. The van der Waals surface area contributed by atoms with Crippen LogP contribution in [0.4, 0.5) is 18.0 Å². The molecule has 166 valence electrons. The molecule has 1 aromatic carbocycles. The summed E-state index contributed by atoms with van der Waals surface area (Å²) in [5.41, 5.74) is 0.945. The number of aromatic nitrogens is 2. The number of piperidine rings is 1. The van der Waals surface area contributed by atoms with E-state index in [0.29, 0.717) is 37.2 Å². The van der Waals surface area contributed by atoms with E-state index < -0.39 is 12.5 Å². The van der Waals surface area contributed by atoms with Crippen LogP contribution >= 0.6 is 0 Å². The van der Waals surface area contributed by atoms with Crippen LogP contribution in [0.2, 0.25) is 0 Å². The molecule has 0 atom stereocenters. The normalized spacial score (nSPS) is 15.5. The van der Waals surface area contributed by atoms with Gasteiger partial charge >= 0.3 is 12.5 Å². The van der Waals surface area contributed by atoms with Gasteiger partial charge in [0.2, 0.25) is 5.88 Å². The Labute approximate surface area is 175 Å². The first-order valence-electron chi connectivity index (χ1n) is 9.25. The predicted molar refractivity (Wildman–Crippen MR) is 101 cm³/mol. The minimum absolute atomic E-state index is 0.101. The van der Waals surface area contributed by atoms with E-state index in [2.05, 4.69) is 20.1 Å². The van der Waals surface area contributed by atoms with Gasteiger partial charge in [-0.1, -0.05) is 5.16 Å². The van der Waals surface area contributed by atoms with E-state index in [4.69, 9.17) is 14.7 Å². The molecule has 0 saturated carbocycles. The first-order valence-corrected chi connectivity index (χ1v) is 9.25. The molecule has 1 N–H and O–H groups in total. The number of carbonyl (C=O) groups is 1. The molecule has 1 aliphatic rings. The molecule has 0 radical (unpaired) electrons. The lowest BCUT2D eigenvalue weighted by Crippen LogP contribution is -2.41. The molecule has 3 rings (SSSR count). The summed E-state index contributed by atoms with van der Waals surface area (Å²) in [7, 11) is 0. The third kappa shape index (κ3) is 6.73. The summed E-state index contributed by atoms with van der Waals surface area (Å²) >= 11 is 0. The Morgan fingerprint density at radius 3 is 2.26 bits per heavy atom. The second kappa shape index (κ2) is 9.49. The molecule has 0 unspecified atom stereocenters. The van der Waals surface area contributed by atoms with Crippen LogP contribution < -0.4 is 14.3 Å². The van der Waals surface area contributed by atoms with Crippen molar-refractivity contribution in [3.05, 3.63) is 42.0 Å². The van der Waals surface area contributed by atoms with Crippen molar-refractivity contribution >= 4 is 11.8 Å². The van der Waals surface area contributed by atoms with Crippen molar-refractivity contribution in [1.82, 2.24) is 15.1 Å². The largest absolute Gasteiger partial charge is 0.573 e. The lowest BCUT2D eigenvalue weighted by Gasteiger charge is -2.29. The highest BCUT2D eigenvalue weighted by Gasteiger charge is 2.31. The molecule has 2 heterocycles. The van der Waals surface area contributed by atoms with Crippen LogP contribution in [0.5, 0.6) is 17.5 Å². The molecule has 1 aromatic heterocycles. The minimum Gasteiger partial charge on any atom is -0.473 e. The second-order valence-corrected chi connectivity index (χ2v) is 6.64. The van der Waals surface area contributed by atoms with Crippen LogP contribution in [0.3, 0.4) is 0 Å². The SMILES string of the molecule is CC(=NOc1ccc(OC2CCN(C(=O)O)CC2)nn1)c1ccc(OC(F)(F)F)cc1. The molecule has 1 amide bonds. The number of hydrogen-bond acceptors (Lipinski definition) is 7. The highest BCUT2D eigenvalue weighted by atomic mass is 19.4. The standard InChI is InChI=1S/C19H19F3N4O5/c1-12(13-2-4-15(5-3-13)30-19(20,21)22)25-31-17-7-6-16(23-24-17)29-14-8-10-26(11-9-14)18(27)28/h2-7,14H,8-11H2,1H3,(H,27,28). The zero-order valence-electron chi connectivity index (χ0n) is 16.4. The Morgan fingerprint density at radius 1 is 1.10 bits per heavy atom. The number of benzene rings is 1. The number of oxime groups is 1. The van der Waals surface area contributed by atoms with E-state index in [0.717, 1.165) is 0 Å². The Balaban J connectivity index is 1.51.